The van der Waals surface area contributed by atoms with E-state index in [1.54, 1.807) is 0 Å². The highest BCUT2D eigenvalue weighted by Gasteiger charge is 1.90. The maximum atomic E-state index is 2.27. The fourth-order valence-electron chi connectivity index (χ4n) is 1.41. The van der Waals surface area contributed by atoms with E-state index in [4.69, 9.17) is 0 Å². The molecule has 0 aliphatic heterocycles. The second-order valence-corrected chi connectivity index (χ2v) is 4.96. The summed E-state index contributed by atoms with van der Waals surface area (Å²) in [7, 11) is 0. The number of hydrogen-bond acceptors (Lipinski definition) is 1. The van der Waals surface area contributed by atoms with Gasteiger partial charge in [-0.1, -0.05) is 38.3 Å². The lowest BCUT2D eigenvalue weighted by atomic mass is 10.1. The van der Waals surface area contributed by atoms with Gasteiger partial charge in [0.2, 0.25) is 0 Å². The fraction of sp³-hybridized carbons (Fsp3) is 0.846. The van der Waals surface area contributed by atoms with E-state index in [1.807, 2.05) is 0 Å². The highest BCUT2D eigenvalue weighted by Crippen LogP contribution is 2.10. The SMILES string of the molecule is C/C=C/CCCCCCCSCCC. The van der Waals surface area contributed by atoms with Crippen LogP contribution in [0.4, 0.5) is 0 Å². The Morgan fingerprint density at radius 3 is 2.36 bits per heavy atom. The first-order valence-electron chi connectivity index (χ1n) is 6.10. The van der Waals surface area contributed by atoms with Crippen molar-refractivity contribution in [2.75, 3.05) is 11.5 Å². The van der Waals surface area contributed by atoms with Crippen LogP contribution in [-0.2, 0) is 0 Å². The van der Waals surface area contributed by atoms with Crippen molar-refractivity contribution < 1.29 is 0 Å². The summed E-state index contributed by atoms with van der Waals surface area (Å²) in [5.41, 5.74) is 0. The maximum absolute atomic E-state index is 2.27. The maximum Gasteiger partial charge on any atom is -0.00675 e. The van der Waals surface area contributed by atoms with Crippen molar-refractivity contribution >= 4 is 11.8 Å². The minimum absolute atomic E-state index is 1.28. The fourth-order valence-corrected chi connectivity index (χ4v) is 2.31. The molecular weight excluding hydrogens is 188 g/mol. The normalized spacial score (nSPS) is 11.3. The van der Waals surface area contributed by atoms with Crippen LogP contribution in [0.15, 0.2) is 12.2 Å². The van der Waals surface area contributed by atoms with E-state index in [9.17, 15) is 0 Å². The number of hydrogen-bond donors (Lipinski definition) is 0. The molecule has 0 N–H and O–H groups in total. The first-order chi connectivity index (χ1) is 6.91. The first-order valence-corrected chi connectivity index (χ1v) is 7.26. The van der Waals surface area contributed by atoms with Gasteiger partial charge in [0.15, 0.2) is 0 Å². The van der Waals surface area contributed by atoms with E-state index >= 15 is 0 Å². The molecule has 14 heavy (non-hydrogen) atoms. The van der Waals surface area contributed by atoms with Gasteiger partial charge in [-0.15, -0.1) is 0 Å². The Morgan fingerprint density at radius 1 is 0.929 bits per heavy atom. The Hall–Kier alpha value is 0.0900. The predicted octanol–water partition coefficient (Wildman–Crippen LogP) is 5.05. The molecule has 0 atom stereocenters. The van der Waals surface area contributed by atoms with Crippen LogP contribution >= 0.6 is 11.8 Å². The van der Waals surface area contributed by atoms with Gasteiger partial charge in [-0.05, 0) is 44.1 Å². The summed E-state index contributed by atoms with van der Waals surface area (Å²) >= 11 is 2.11. The van der Waals surface area contributed by atoms with Gasteiger partial charge in [-0.25, -0.2) is 0 Å². The Morgan fingerprint density at radius 2 is 1.64 bits per heavy atom. The Labute approximate surface area is 94.6 Å². The molecule has 84 valence electrons. The molecule has 1 heteroatoms. The number of thioether (sulfide) groups is 1. The standard InChI is InChI=1S/C13H26S/c1-3-5-6-7-8-9-10-11-13-14-12-4-2/h3,5H,4,6-13H2,1-2H3/b5-3+. The van der Waals surface area contributed by atoms with E-state index in [0.717, 1.165) is 0 Å². The van der Waals surface area contributed by atoms with Crippen LogP contribution in [0.3, 0.4) is 0 Å². The van der Waals surface area contributed by atoms with Gasteiger partial charge in [0.05, 0.1) is 0 Å². The molecule has 0 aromatic heterocycles. The van der Waals surface area contributed by atoms with E-state index in [-0.39, 0.29) is 0 Å². The van der Waals surface area contributed by atoms with Crippen molar-refractivity contribution in [1.82, 2.24) is 0 Å². The zero-order valence-electron chi connectivity index (χ0n) is 9.93. The molecule has 0 unspecified atom stereocenters. The summed E-state index contributed by atoms with van der Waals surface area (Å²) in [5.74, 6) is 2.73. The quantitative estimate of drug-likeness (QED) is 0.362. The van der Waals surface area contributed by atoms with Crippen LogP contribution in [-0.4, -0.2) is 11.5 Å². The minimum Gasteiger partial charge on any atom is -0.162 e. The molecule has 0 heterocycles. The molecule has 0 spiro atoms. The van der Waals surface area contributed by atoms with Crippen LogP contribution < -0.4 is 0 Å². The van der Waals surface area contributed by atoms with E-state index in [2.05, 4.69) is 37.8 Å². The van der Waals surface area contributed by atoms with E-state index in [1.165, 1.54) is 56.5 Å². The van der Waals surface area contributed by atoms with Crippen LogP contribution in [0.25, 0.3) is 0 Å². The third-order valence-electron chi connectivity index (χ3n) is 2.24. The number of allylic oxidation sites excluding steroid dienone is 2. The average molecular weight is 214 g/mol. The molecule has 0 radical (unpaired) electrons. The molecule has 0 aromatic carbocycles. The average Bonchev–Trinajstić information content (AvgIpc) is 2.21. The highest BCUT2D eigenvalue weighted by molar-refractivity contribution is 7.99. The van der Waals surface area contributed by atoms with Crippen molar-refractivity contribution in [2.24, 2.45) is 0 Å². The molecule has 0 aromatic rings. The van der Waals surface area contributed by atoms with Crippen LogP contribution in [0.2, 0.25) is 0 Å². The summed E-state index contributed by atoms with van der Waals surface area (Å²) in [6.45, 7) is 4.36. The van der Waals surface area contributed by atoms with Gasteiger partial charge in [0.1, 0.15) is 0 Å². The molecule has 0 aliphatic rings. The topological polar surface area (TPSA) is 0 Å². The third-order valence-corrected chi connectivity index (χ3v) is 3.52. The molecule has 0 nitrogen and oxygen atoms in total. The number of unbranched alkanes of at least 4 members (excludes halogenated alkanes) is 5. The molecule has 0 fully saturated rings. The monoisotopic (exact) mass is 214 g/mol. The molecule has 0 aliphatic carbocycles. The first kappa shape index (κ1) is 14.1. The van der Waals surface area contributed by atoms with Gasteiger partial charge in [-0.2, -0.15) is 11.8 Å². The molecular formula is C13H26S. The summed E-state index contributed by atoms with van der Waals surface area (Å²) in [5, 5.41) is 0. The van der Waals surface area contributed by atoms with E-state index < -0.39 is 0 Å². The minimum atomic E-state index is 1.28. The van der Waals surface area contributed by atoms with Gasteiger partial charge in [-0.3, -0.25) is 0 Å². The summed E-state index contributed by atoms with van der Waals surface area (Å²) in [6, 6.07) is 0. The summed E-state index contributed by atoms with van der Waals surface area (Å²) in [6.07, 6.45) is 14.1. The van der Waals surface area contributed by atoms with Gasteiger partial charge < -0.3 is 0 Å². The Kier molecular flexibility index (Phi) is 13.2. The van der Waals surface area contributed by atoms with Crippen molar-refractivity contribution in [1.29, 1.82) is 0 Å². The Balaban J connectivity index is 2.85. The van der Waals surface area contributed by atoms with Gasteiger partial charge in [0.25, 0.3) is 0 Å². The van der Waals surface area contributed by atoms with Crippen LogP contribution in [0, 0.1) is 0 Å². The molecule has 0 rings (SSSR count). The lowest BCUT2D eigenvalue weighted by Gasteiger charge is -2.00. The molecule has 0 saturated heterocycles. The van der Waals surface area contributed by atoms with E-state index in [0.29, 0.717) is 0 Å². The predicted molar refractivity (Wildman–Crippen MR) is 70.1 cm³/mol. The second kappa shape index (κ2) is 13.1. The van der Waals surface area contributed by atoms with Crippen molar-refractivity contribution in [2.45, 2.75) is 58.8 Å². The van der Waals surface area contributed by atoms with Crippen molar-refractivity contribution in [3.05, 3.63) is 12.2 Å². The highest BCUT2D eigenvalue weighted by atomic mass is 32.2. The zero-order valence-corrected chi connectivity index (χ0v) is 10.7. The summed E-state index contributed by atoms with van der Waals surface area (Å²) < 4.78 is 0. The molecule has 0 bridgehead atoms. The van der Waals surface area contributed by atoms with Crippen LogP contribution in [0.5, 0.6) is 0 Å². The summed E-state index contributed by atoms with van der Waals surface area (Å²) in [4.78, 5) is 0. The lowest BCUT2D eigenvalue weighted by molar-refractivity contribution is 0.640. The molecule has 0 saturated carbocycles. The van der Waals surface area contributed by atoms with Crippen molar-refractivity contribution in [3.8, 4) is 0 Å². The largest absolute Gasteiger partial charge is 0.162 e. The third kappa shape index (κ3) is 12.1. The lowest BCUT2D eigenvalue weighted by Crippen LogP contribution is -1.83. The smallest absolute Gasteiger partial charge is 0.00675 e. The Bertz CT molecular complexity index is 118. The number of rotatable bonds is 10. The van der Waals surface area contributed by atoms with Gasteiger partial charge in [0, 0.05) is 0 Å². The zero-order chi connectivity index (χ0) is 10.5. The molecule has 0 amide bonds. The van der Waals surface area contributed by atoms with Crippen LogP contribution in [0.1, 0.15) is 58.8 Å². The second-order valence-electron chi connectivity index (χ2n) is 3.74. The van der Waals surface area contributed by atoms with Crippen molar-refractivity contribution in [3.63, 3.8) is 0 Å². The van der Waals surface area contributed by atoms with Gasteiger partial charge >= 0.3 is 0 Å².